The summed E-state index contributed by atoms with van der Waals surface area (Å²) >= 11 is 0. The summed E-state index contributed by atoms with van der Waals surface area (Å²) in [6.07, 6.45) is 4.10. The fraction of sp³-hybridized carbons (Fsp3) is 0.800. The molecule has 0 spiro atoms. The van der Waals surface area contributed by atoms with E-state index in [9.17, 15) is 8.42 Å². The maximum Gasteiger partial charge on any atom is 0.148 e. The zero-order valence-corrected chi connectivity index (χ0v) is 10.1. The Morgan fingerprint density at radius 1 is 1.43 bits per heavy atom. The zero-order valence-electron chi connectivity index (χ0n) is 9.29. The summed E-state index contributed by atoms with van der Waals surface area (Å²) in [7, 11) is -2.84. The van der Waals surface area contributed by atoms with Crippen LogP contribution in [0.4, 0.5) is 0 Å². The van der Waals surface area contributed by atoms with Gasteiger partial charge in [0.05, 0.1) is 5.75 Å². The first kappa shape index (κ1) is 13.7. The van der Waals surface area contributed by atoms with Crippen molar-refractivity contribution in [3.63, 3.8) is 0 Å². The lowest BCUT2D eigenvalue weighted by Crippen LogP contribution is -2.35. The molecule has 0 aromatic heterocycles. The molecule has 0 heterocycles. The first-order chi connectivity index (χ1) is 6.37. The number of nitrogens with one attached hydrogen (secondary N) is 1. The largest absolute Gasteiger partial charge is 0.313 e. The van der Waals surface area contributed by atoms with E-state index in [0.29, 0.717) is 18.5 Å². The Balaban J connectivity index is 3.73. The third kappa shape index (κ3) is 7.09. The molecule has 0 amide bonds. The van der Waals surface area contributed by atoms with E-state index in [1.165, 1.54) is 6.26 Å². The minimum Gasteiger partial charge on any atom is -0.313 e. The molecule has 0 saturated carbocycles. The van der Waals surface area contributed by atoms with Gasteiger partial charge in [-0.15, -0.1) is 6.58 Å². The van der Waals surface area contributed by atoms with Gasteiger partial charge in [-0.05, 0) is 19.3 Å². The van der Waals surface area contributed by atoms with E-state index in [4.69, 9.17) is 0 Å². The van der Waals surface area contributed by atoms with Gasteiger partial charge in [0.2, 0.25) is 0 Å². The highest BCUT2D eigenvalue weighted by Crippen LogP contribution is 2.07. The van der Waals surface area contributed by atoms with E-state index < -0.39 is 9.84 Å². The van der Waals surface area contributed by atoms with Crippen molar-refractivity contribution < 1.29 is 8.42 Å². The normalized spacial score (nSPS) is 16.2. The van der Waals surface area contributed by atoms with Gasteiger partial charge in [0.1, 0.15) is 9.84 Å². The quantitative estimate of drug-likeness (QED) is 0.655. The average Bonchev–Trinajstić information content (AvgIpc) is 2.02. The summed E-state index contributed by atoms with van der Waals surface area (Å²) < 4.78 is 21.7. The summed E-state index contributed by atoms with van der Waals surface area (Å²) in [5.41, 5.74) is 0. The molecule has 14 heavy (non-hydrogen) atoms. The average molecular weight is 219 g/mol. The van der Waals surface area contributed by atoms with Crippen molar-refractivity contribution in [1.29, 1.82) is 0 Å². The highest BCUT2D eigenvalue weighted by atomic mass is 32.2. The summed E-state index contributed by atoms with van der Waals surface area (Å²) in [5.74, 6) is 0.699. The SMILES string of the molecule is C=CCC(C)C(C)NCCS(C)(=O)=O. The molecule has 0 aromatic carbocycles. The van der Waals surface area contributed by atoms with Crippen molar-refractivity contribution in [2.75, 3.05) is 18.6 Å². The summed E-state index contributed by atoms with van der Waals surface area (Å²) in [6.45, 7) is 8.40. The predicted molar refractivity (Wildman–Crippen MR) is 61.2 cm³/mol. The topological polar surface area (TPSA) is 46.2 Å². The van der Waals surface area contributed by atoms with Gasteiger partial charge in [-0.1, -0.05) is 13.0 Å². The Morgan fingerprint density at radius 3 is 2.43 bits per heavy atom. The predicted octanol–water partition coefficient (Wildman–Crippen LogP) is 1.22. The summed E-state index contributed by atoms with van der Waals surface area (Å²) in [5, 5.41) is 3.20. The Morgan fingerprint density at radius 2 is 2.00 bits per heavy atom. The van der Waals surface area contributed by atoms with Crippen molar-refractivity contribution in [3.8, 4) is 0 Å². The van der Waals surface area contributed by atoms with E-state index in [0.717, 1.165) is 6.42 Å². The van der Waals surface area contributed by atoms with Gasteiger partial charge < -0.3 is 5.32 Å². The van der Waals surface area contributed by atoms with Gasteiger partial charge in [-0.2, -0.15) is 0 Å². The molecule has 84 valence electrons. The second-order valence-corrected chi connectivity index (χ2v) is 6.13. The van der Waals surface area contributed by atoms with Crippen LogP contribution < -0.4 is 5.32 Å². The van der Waals surface area contributed by atoms with Gasteiger partial charge >= 0.3 is 0 Å². The molecular formula is C10H21NO2S. The van der Waals surface area contributed by atoms with Gasteiger partial charge in [-0.25, -0.2) is 8.42 Å². The molecule has 0 rings (SSSR count). The minimum atomic E-state index is -2.84. The molecule has 2 atom stereocenters. The van der Waals surface area contributed by atoms with E-state index in [1.54, 1.807) is 0 Å². The lowest BCUT2D eigenvalue weighted by atomic mass is 10.0. The number of rotatable bonds is 7. The molecular weight excluding hydrogens is 198 g/mol. The highest BCUT2D eigenvalue weighted by Gasteiger charge is 2.10. The number of sulfone groups is 1. The van der Waals surface area contributed by atoms with Gasteiger partial charge in [0.15, 0.2) is 0 Å². The van der Waals surface area contributed by atoms with Crippen LogP contribution >= 0.6 is 0 Å². The van der Waals surface area contributed by atoms with Crippen molar-refractivity contribution in [2.45, 2.75) is 26.3 Å². The maximum absolute atomic E-state index is 10.9. The second kappa shape index (κ2) is 6.19. The van der Waals surface area contributed by atoms with Gasteiger partial charge in [0.25, 0.3) is 0 Å². The van der Waals surface area contributed by atoms with Gasteiger partial charge in [0, 0.05) is 18.8 Å². The van der Waals surface area contributed by atoms with Crippen LogP contribution in [0.2, 0.25) is 0 Å². The molecule has 0 aliphatic heterocycles. The molecule has 2 unspecified atom stereocenters. The maximum atomic E-state index is 10.9. The number of hydrogen-bond acceptors (Lipinski definition) is 3. The minimum absolute atomic E-state index is 0.206. The van der Waals surface area contributed by atoms with Crippen LogP contribution in [0.25, 0.3) is 0 Å². The van der Waals surface area contributed by atoms with Crippen molar-refractivity contribution in [1.82, 2.24) is 5.32 Å². The Bertz CT molecular complexity index is 259. The van der Waals surface area contributed by atoms with E-state index in [2.05, 4.69) is 25.7 Å². The van der Waals surface area contributed by atoms with E-state index in [1.807, 2.05) is 6.08 Å². The fourth-order valence-corrected chi connectivity index (χ4v) is 1.63. The van der Waals surface area contributed by atoms with Crippen LogP contribution in [0, 0.1) is 5.92 Å². The molecule has 0 saturated heterocycles. The van der Waals surface area contributed by atoms with Crippen LogP contribution in [0.3, 0.4) is 0 Å². The Hall–Kier alpha value is -0.350. The molecule has 0 aliphatic carbocycles. The molecule has 0 bridgehead atoms. The molecule has 0 aromatic rings. The van der Waals surface area contributed by atoms with Crippen LogP contribution in [-0.4, -0.2) is 33.0 Å². The Labute approximate surface area is 87.5 Å². The molecule has 3 nitrogen and oxygen atoms in total. The molecule has 0 fully saturated rings. The van der Waals surface area contributed by atoms with Gasteiger partial charge in [-0.3, -0.25) is 0 Å². The lowest BCUT2D eigenvalue weighted by molar-refractivity contribution is 0.412. The molecule has 1 N–H and O–H groups in total. The lowest BCUT2D eigenvalue weighted by Gasteiger charge is -2.19. The van der Waals surface area contributed by atoms with Crippen LogP contribution in [0.15, 0.2) is 12.7 Å². The number of hydrogen-bond donors (Lipinski definition) is 1. The van der Waals surface area contributed by atoms with E-state index >= 15 is 0 Å². The Kier molecular flexibility index (Phi) is 6.04. The monoisotopic (exact) mass is 219 g/mol. The molecule has 0 aliphatic rings. The number of allylic oxidation sites excluding steroid dienone is 1. The third-order valence-electron chi connectivity index (χ3n) is 2.33. The standard InChI is InChI=1S/C10H21NO2S/c1-5-6-9(2)10(3)11-7-8-14(4,12)13/h5,9-11H,1,6-8H2,2-4H3. The van der Waals surface area contributed by atoms with Crippen LogP contribution in [0.5, 0.6) is 0 Å². The van der Waals surface area contributed by atoms with E-state index in [-0.39, 0.29) is 5.75 Å². The first-order valence-corrected chi connectivity index (χ1v) is 6.95. The van der Waals surface area contributed by atoms with Crippen molar-refractivity contribution in [3.05, 3.63) is 12.7 Å². The molecule has 4 heteroatoms. The first-order valence-electron chi connectivity index (χ1n) is 4.89. The summed E-state index contributed by atoms with van der Waals surface area (Å²) in [4.78, 5) is 0. The van der Waals surface area contributed by atoms with Crippen molar-refractivity contribution in [2.24, 2.45) is 5.92 Å². The smallest absolute Gasteiger partial charge is 0.148 e. The summed E-state index contributed by atoms with van der Waals surface area (Å²) in [6, 6.07) is 0.328. The van der Waals surface area contributed by atoms with Crippen molar-refractivity contribution >= 4 is 9.84 Å². The highest BCUT2D eigenvalue weighted by molar-refractivity contribution is 7.90. The zero-order chi connectivity index (χ0) is 11.2. The third-order valence-corrected chi connectivity index (χ3v) is 3.28. The molecule has 0 radical (unpaired) electrons. The fourth-order valence-electron chi connectivity index (χ4n) is 1.14. The van der Waals surface area contributed by atoms with Crippen LogP contribution in [0.1, 0.15) is 20.3 Å². The second-order valence-electron chi connectivity index (χ2n) is 3.87. The van der Waals surface area contributed by atoms with Crippen LogP contribution in [-0.2, 0) is 9.84 Å².